The first-order chi connectivity index (χ1) is 14.7. The van der Waals surface area contributed by atoms with Gasteiger partial charge in [0.25, 0.3) is 0 Å². The molecule has 166 valence electrons. The summed E-state index contributed by atoms with van der Waals surface area (Å²) in [4.78, 5) is 35.9. The van der Waals surface area contributed by atoms with E-state index in [1.165, 1.54) is 0 Å². The lowest BCUT2D eigenvalue weighted by molar-refractivity contribution is -0.139. The van der Waals surface area contributed by atoms with Crippen molar-refractivity contribution in [3.63, 3.8) is 0 Å². The van der Waals surface area contributed by atoms with Gasteiger partial charge in [-0.25, -0.2) is 0 Å². The number of hydrogen-bond acceptors (Lipinski definition) is 5. The highest BCUT2D eigenvalue weighted by Crippen LogP contribution is 2.26. The third-order valence-electron chi connectivity index (χ3n) is 5.35. The van der Waals surface area contributed by atoms with Gasteiger partial charge < -0.3 is 16.0 Å². The van der Waals surface area contributed by atoms with E-state index < -0.39 is 12.1 Å². The fourth-order valence-corrected chi connectivity index (χ4v) is 4.15. The van der Waals surface area contributed by atoms with Gasteiger partial charge in [0.15, 0.2) is 0 Å². The van der Waals surface area contributed by atoms with Crippen molar-refractivity contribution in [3.05, 3.63) is 47.4 Å². The summed E-state index contributed by atoms with van der Waals surface area (Å²) in [5.41, 5.74) is 8.49. The second-order valence-electron chi connectivity index (χ2n) is 9.17. The van der Waals surface area contributed by atoms with Crippen molar-refractivity contribution in [3.8, 4) is 11.3 Å². The van der Waals surface area contributed by atoms with Crippen molar-refractivity contribution in [2.75, 3.05) is 6.54 Å². The van der Waals surface area contributed by atoms with Gasteiger partial charge in [-0.05, 0) is 42.4 Å². The molecule has 1 aromatic heterocycles. The topological polar surface area (TPSA) is 101 Å². The number of carbonyl (C=O) groups excluding carboxylic acids is 2. The van der Waals surface area contributed by atoms with Crippen LogP contribution in [-0.4, -0.2) is 45.3 Å². The van der Waals surface area contributed by atoms with Gasteiger partial charge in [-0.2, -0.15) is 0 Å². The molecule has 1 aromatic carbocycles. The second-order valence-corrected chi connectivity index (χ2v) is 9.61. The molecule has 3 rings (SSSR count). The Morgan fingerprint density at radius 2 is 2.10 bits per heavy atom. The number of aromatic nitrogens is 2. The summed E-state index contributed by atoms with van der Waals surface area (Å²) >= 11 is 6.18. The minimum absolute atomic E-state index is 0.0597. The summed E-state index contributed by atoms with van der Waals surface area (Å²) in [5.74, 6) is -0.338. The van der Waals surface area contributed by atoms with Crippen LogP contribution in [0.3, 0.4) is 0 Å². The highest BCUT2D eigenvalue weighted by molar-refractivity contribution is 6.30. The molecule has 31 heavy (non-hydrogen) atoms. The normalized spacial score (nSPS) is 17.5. The van der Waals surface area contributed by atoms with Crippen molar-refractivity contribution in [1.29, 1.82) is 0 Å². The second kappa shape index (κ2) is 9.75. The van der Waals surface area contributed by atoms with Crippen LogP contribution in [0.5, 0.6) is 0 Å². The zero-order valence-corrected chi connectivity index (χ0v) is 19.0. The molecule has 2 atom stereocenters. The first kappa shape index (κ1) is 23.2. The van der Waals surface area contributed by atoms with E-state index in [9.17, 15) is 9.59 Å². The van der Waals surface area contributed by atoms with Crippen molar-refractivity contribution < 1.29 is 9.59 Å². The predicted octanol–water partition coefficient (Wildman–Crippen LogP) is 3.17. The Kier molecular flexibility index (Phi) is 7.28. The number of carbonyl (C=O) groups is 2. The summed E-state index contributed by atoms with van der Waals surface area (Å²) < 4.78 is 0. The van der Waals surface area contributed by atoms with Gasteiger partial charge in [0.05, 0.1) is 17.9 Å². The van der Waals surface area contributed by atoms with Crippen LogP contribution in [-0.2, 0) is 16.1 Å². The largest absolute Gasteiger partial charge is 0.350 e. The Hall–Kier alpha value is -2.51. The third-order valence-corrected chi connectivity index (χ3v) is 5.58. The monoisotopic (exact) mass is 443 g/mol. The minimum atomic E-state index is -0.607. The molecule has 2 heterocycles. The quantitative estimate of drug-likeness (QED) is 0.714. The van der Waals surface area contributed by atoms with E-state index in [-0.39, 0.29) is 23.8 Å². The maximum atomic E-state index is 13.0. The van der Waals surface area contributed by atoms with E-state index in [1.54, 1.807) is 29.6 Å². The Morgan fingerprint density at radius 3 is 2.77 bits per heavy atom. The van der Waals surface area contributed by atoms with Crippen LogP contribution in [0.4, 0.5) is 0 Å². The van der Waals surface area contributed by atoms with Crippen LogP contribution >= 0.6 is 11.6 Å². The number of benzene rings is 1. The van der Waals surface area contributed by atoms with E-state index in [2.05, 4.69) is 15.3 Å². The average Bonchev–Trinajstić information content (AvgIpc) is 3.21. The van der Waals surface area contributed by atoms with Gasteiger partial charge in [0.2, 0.25) is 11.8 Å². The van der Waals surface area contributed by atoms with E-state index in [1.807, 2.05) is 32.9 Å². The third kappa shape index (κ3) is 6.02. The molecule has 0 spiro atoms. The maximum Gasteiger partial charge on any atom is 0.243 e. The molecular formula is C23H30ClN5O2. The summed E-state index contributed by atoms with van der Waals surface area (Å²) in [6.45, 7) is 6.98. The van der Waals surface area contributed by atoms with Gasteiger partial charge >= 0.3 is 0 Å². The molecule has 2 amide bonds. The Bertz CT molecular complexity index is 929. The van der Waals surface area contributed by atoms with E-state index in [0.717, 1.165) is 17.5 Å². The van der Waals surface area contributed by atoms with Gasteiger partial charge in [-0.1, -0.05) is 38.4 Å². The zero-order chi connectivity index (χ0) is 22.6. The fraction of sp³-hybridized carbons (Fsp3) is 0.478. The molecule has 1 unspecified atom stereocenters. The first-order valence-corrected chi connectivity index (χ1v) is 10.9. The number of halogens is 1. The molecule has 1 saturated heterocycles. The lowest BCUT2D eigenvalue weighted by atomic mass is 9.88. The number of likely N-dealkylation sites (tertiary alicyclic amines) is 1. The summed E-state index contributed by atoms with van der Waals surface area (Å²) in [7, 11) is 0. The molecule has 0 bridgehead atoms. The number of nitrogens with two attached hydrogens (primary N) is 1. The molecule has 1 fully saturated rings. The molecule has 3 N–H and O–H groups in total. The molecular weight excluding hydrogens is 414 g/mol. The summed E-state index contributed by atoms with van der Waals surface area (Å²) in [6.07, 6.45) is 6.88. The van der Waals surface area contributed by atoms with Crippen LogP contribution in [0.2, 0.25) is 5.02 Å². The SMILES string of the molecule is CC(C)(C)C[C@@H](N)C(=O)N1CCCC1C(=O)NCc1cc(Cl)ccc1-c1cnccn1. The average molecular weight is 444 g/mol. The van der Waals surface area contributed by atoms with Crippen LogP contribution in [0, 0.1) is 5.41 Å². The minimum Gasteiger partial charge on any atom is -0.350 e. The van der Waals surface area contributed by atoms with E-state index >= 15 is 0 Å². The number of nitrogens with one attached hydrogen (secondary N) is 1. The van der Waals surface area contributed by atoms with Crippen molar-refractivity contribution in [1.82, 2.24) is 20.2 Å². The van der Waals surface area contributed by atoms with Crippen LogP contribution in [0.25, 0.3) is 11.3 Å². The Labute approximate surface area is 188 Å². The number of hydrogen-bond donors (Lipinski definition) is 2. The predicted molar refractivity (Wildman–Crippen MR) is 121 cm³/mol. The first-order valence-electron chi connectivity index (χ1n) is 10.5. The van der Waals surface area contributed by atoms with Gasteiger partial charge in [-0.3, -0.25) is 19.6 Å². The van der Waals surface area contributed by atoms with Crippen LogP contribution < -0.4 is 11.1 Å². The lowest BCUT2D eigenvalue weighted by Gasteiger charge is -2.29. The van der Waals surface area contributed by atoms with Crippen LogP contribution in [0.1, 0.15) is 45.6 Å². The molecule has 0 saturated carbocycles. The van der Waals surface area contributed by atoms with E-state index in [4.69, 9.17) is 17.3 Å². The number of rotatable bonds is 6. The Morgan fingerprint density at radius 1 is 1.32 bits per heavy atom. The van der Waals surface area contributed by atoms with Gasteiger partial charge in [0.1, 0.15) is 6.04 Å². The van der Waals surface area contributed by atoms with Gasteiger partial charge in [-0.15, -0.1) is 0 Å². The molecule has 1 aliphatic rings. The van der Waals surface area contributed by atoms with E-state index in [0.29, 0.717) is 30.1 Å². The molecule has 1 aliphatic heterocycles. The van der Waals surface area contributed by atoms with Crippen molar-refractivity contribution >= 4 is 23.4 Å². The maximum absolute atomic E-state index is 13.0. The Balaban J connectivity index is 1.69. The van der Waals surface area contributed by atoms with Crippen LogP contribution in [0.15, 0.2) is 36.8 Å². The molecule has 0 radical (unpaired) electrons. The van der Waals surface area contributed by atoms with Gasteiger partial charge in [0, 0.05) is 36.1 Å². The van der Waals surface area contributed by atoms with Crippen molar-refractivity contribution in [2.24, 2.45) is 11.1 Å². The molecule has 0 aliphatic carbocycles. The highest BCUT2D eigenvalue weighted by atomic mass is 35.5. The molecule has 2 aromatic rings. The van der Waals surface area contributed by atoms with Crippen molar-refractivity contribution in [2.45, 2.75) is 58.7 Å². The zero-order valence-electron chi connectivity index (χ0n) is 18.3. The molecule has 7 nitrogen and oxygen atoms in total. The molecule has 8 heteroatoms. The standard InChI is InChI=1S/C23H30ClN5O2/c1-23(2,3)12-18(25)22(31)29-10-4-5-20(29)21(30)28-13-15-11-16(24)6-7-17(15)19-14-26-8-9-27-19/h6-9,11,14,18,20H,4-5,10,12-13,25H2,1-3H3,(H,28,30)/t18-,20?/m1/s1. The summed E-state index contributed by atoms with van der Waals surface area (Å²) in [6, 6.07) is 4.35. The number of amides is 2. The lowest BCUT2D eigenvalue weighted by Crippen LogP contribution is -2.51. The smallest absolute Gasteiger partial charge is 0.243 e. The highest BCUT2D eigenvalue weighted by Gasteiger charge is 2.37. The summed E-state index contributed by atoms with van der Waals surface area (Å²) in [5, 5.41) is 3.54. The fourth-order valence-electron chi connectivity index (χ4n) is 3.96. The number of nitrogens with zero attached hydrogens (tertiary/aromatic N) is 3.